The Bertz CT molecular complexity index is 312. The van der Waals surface area contributed by atoms with E-state index in [1.807, 2.05) is 13.0 Å². The van der Waals surface area contributed by atoms with E-state index in [-0.39, 0.29) is 5.97 Å². The van der Waals surface area contributed by atoms with Crippen molar-refractivity contribution in [2.45, 2.75) is 13.8 Å². The second-order valence-electron chi connectivity index (χ2n) is 2.34. The van der Waals surface area contributed by atoms with Gasteiger partial charge in [0.1, 0.15) is 0 Å². The molecule has 3 nitrogen and oxygen atoms in total. The van der Waals surface area contributed by atoms with Gasteiger partial charge in [0.25, 0.3) is 0 Å². The first kappa shape index (κ1) is 9.19. The molecule has 0 aliphatic heterocycles. The Morgan fingerprint density at radius 1 is 1.67 bits per heavy atom. The first-order valence-corrected chi connectivity index (χ1v) is 4.20. The topological polar surface area (TPSA) is 39.2 Å². The number of nitrogens with zero attached hydrogens (tertiary/aromatic N) is 1. The van der Waals surface area contributed by atoms with E-state index in [0.717, 1.165) is 10.0 Å². The molecular formula is C8H8BrNO2. The summed E-state index contributed by atoms with van der Waals surface area (Å²) in [6.45, 7) is 3.25. The third kappa shape index (κ3) is 2.04. The zero-order valence-electron chi connectivity index (χ0n) is 6.80. The van der Waals surface area contributed by atoms with Gasteiger partial charge in [-0.05, 0) is 34.5 Å². The highest BCUT2D eigenvalue weighted by Gasteiger charge is 2.06. The molecule has 1 heterocycles. The molecule has 1 aromatic rings. The number of halogens is 1. The lowest BCUT2D eigenvalue weighted by atomic mass is 10.3. The second-order valence-corrected chi connectivity index (χ2v) is 3.13. The molecule has 1 rings (SSSR count). The van der Waals surface area contributed by atoms with Crippen molar-refractivity contribution < 1.29 is 9.53 Å². The molecule has 0 aromatic carbocycles. The van der Waals surface area contributed by atoms with E-state index in [1.165, 1.54) is 6.92 Å². The lowest BCUT2D eigenvalue weighted by Crippen LogP contribution is -2.03. The maximum absolute atomic E-state index is 10.6. The van der Waals surface area contributed by atoms with Crippen LogP contribution in [0.5, 0.6) is 5.88 Å². The Labute approximate surface area is 78.9 Å². The van der Waals surface area contributed by atoms with Crippen LogP contribution in [0.4, 0.5) is 0 Å². The first-order valence-electron chi connectivity index (χ1n) is 3.41. The van der Waals surface area contributed by atoms with Gasteiger partial charge in [0, 0.05) is 13.1 Å². The van der Waals surface area contributed by atoms with E-state index in [1.54, 1.807) is 6.20 Å². The summed E-state index contributed by atoms with van der Waals surface area (Å²) in [7, 11) is 0. The van der Waals surface area contributed by atoms with Crippen LogP contribution in [0.3, 0.4) is 0 Å². The van der Waals surface area contributed by atoms with E-state index in [4.69, 9.17) is 4.74 Å². The molecule has 1 aromatic heterocycles. The fourth-order valence-corrected chi connectivity index (χ4v) is 1.04. The van der Waals surface area contributed by atoms with Crippen LogP contribution in [0.2, 0.25) is 0 Å². The van der Waals surface area contributed by atoms with Gasteiger partial charge in [-0.3, -0.25) is 4.79 Å². The quantitative estimate of drug-likeness (QED) is 0.693. The molecule has 0 unspecified atom stereocenters. The van der Waals surface area contributed by atoms with E-state index < -0.39 is 0 Å². The van der Waals surface area contributed by atoms with E-state index in [0.29, 0.717) is 5.88 Å². The second kappa shape index (κ2) is 3.67. The minimum atomic E-state index is -0.367. The smallest absolute Gasteiger partial charge is 0.309 e. The first-order chi connectivity index (χ1) is 5.61. The molecule has 0 N–H and O–H groups in total. The summed E-state index contributed by atoms with van der Waals surface area (Å²) in [5.74, 6) is -0.0451. The summed E-state index contributed by atoms with van der Waals surface area (Å²) < 4.78 is 5.55. The molecule has 0 saturated carbocycles. The van der Waals surface area contributed by atoms with Crippen molar-refractivity contribution >= 4 is 21.9 Å². The molecule has 0 fully saturated rings. The summed E-state index contributed by atoms with van der Waals surface area (Å²) >= 11 is 3.27. The highest BCUT2D eigenvalue weighted by atomic mass is 79.9. The van der Waals surface area contributed by atoms with Gasteiger partial charge in [0.2, 0.25) is 5.88 Å². The fourth-order valence-electron chi connectivity index (χ4n) is 0.723. The third-order valence-electron chi connectivity index (χ3n) is 1.29. The molecule has 0 amide bonds. The normalized spacial score (nSPS) is 9.58. The van der Waals surface area contributed by atoms with Crippen LogP contribution in [-0.2, 0) is 4.79 Å². The summed E-state index contributed by atoms with van der Waals surface area (Å²) in [5, 5.41) is 0. The Kier molecular flexibility index (Phi) is 2.81. The highest BCUT2D eigenvalue weighted by Crippen LogP contribution is 2.25. The number of ether oxygens (including phenoxy) is 1. The SMILES string of the molecule is CC(=O)Oc1nccc(C)c1Br. The molecular weight excluding hydrogens is 222 g/mol. The van der Waals surface area contributed by atoms with E-state index in [9.17, 15) is 4.79 Å². The maximum Gasteiger partial charge on any atom is 0.309 e. The van der Waals surface area contributed by atoms with Crippen molar-refractivity contribution in [3.05, 3.63) is 22.3 Å². The summed E-state index contributed by atoms with van der Waals surface area (Å²) in [6.07, 6.45) is 1.60. The molecule has 4 heteroatoms. The molecule has 0 aliphatic rings. The average Bonchev–Trinajstić information content (AvgIpc) is 1.98. The van der Waals surface area contributed by atoms with Crippen LogP contribution in [-0.4, -0.2) is 11.0 Å². The maximum atomic E-state index is 10.6. The summed E-state index contributed by atoms with van der Waals surface area (Å²) in [5.41, 5.74) is 0.987. The predicted octanol–water partition coefficient (Wildman–Crippen LogP) is 2.08. The molecule has 12 heavy (non-hydrogen) atoms. The van der Waals surface area contributed by atoms with Crippen LogP contribution in [0.15, 0.2) is 16.7 Å². The van der Waals surface area contributed by atoms with Crippen molar-refractivity contribution in [1.29, 1.82) is 0 Å². The number of hydrogen-bond acceptors (Lipinski definition) is 3. The Morgan fingerprint density at radius 2 is 2.33 bits per heavy atom. The van der Waals surface area contributed by atoms with Crippen LogP contribution in [0.1, 0.15) is 12.5 Å². The molecule has 64 valence electrons. The standard InChI is InChI=1S/C8H8BrNO2/c1-5-3-4-10-8(7(5)9)12-6(2)11/h3-4H,1-2H3. The van der Waals surface area contributed by atoms with Gasteiger partial charge in [-0.25, -0.2) is 4.98 Å². The Morgan fingerprint density at radius 3 is 2.92 bits per heavy atom. The highest BCUT2D eigenvalue weighted by molar-refractivity contribution is 9.10. The number of rotatable bonds is 1. The summed E-state index contributed by atoms with van der Waals surface area (Å²) in [4.78, 5) is 14.5. The predicted molar refractivity (Wildman–Crippen MR) is 48.0 cm³/mol. The van der Waals surface area contributed by atoms with Gasteiger partial charge in [-0.2, -0.15) is 0 Å². The van der Waals surface area contributed by atoms with Gasteiger partial charge in [0.05, 0.1) is 4.47 Å². The number of aryl methyl sites for hydroxylation is 1. The van der Waals surface area contributed by atoms with Gasteiger partial charge < -0.3 is 4.74 Å². The Hall–Kier alpha value is -0.900. The Balaban J connectivity index is 3.00. The number of esters is 1. The fraction of sp³-hybridized carbons (Fsp3) is 0.250. The van der Waals surface area contributed by atoms with Crippen molar-refractivity contribution in [2.75, 3.05) is 0 Å². The van der Waals surface area contributed by atoms with E-state index >= 15 is 0 Å². The lowest BCUT2D eigenvalue weighted by molar-refractivity contribution is -0.132. The number of carbonyl (C=O) groups is 1. The van der Waals surface area contributed by atoms with Crippen molar-refractivity contribution in [2.24, 2.45) is 0 Å². The zero-order chi connectivity index (χ0) is 9.14. The van der Waals surface area contributed by atoms with Gasteiger partial charge in [-0.15, -0.1) is 0 Å². The van der Waals surface area contributed by atoms with Gasteiger partial charge in [0.15, 0.2) is 0 Å². The molecule has 0 aliphatic carbocycles. The minimum absolute atomic E-state index is 0.322. The molecule has 0 saturated heterocycles. The largest absolute Gasteiger partial charge is 0.406 e. The number of hydrogen-bond donors (Lipinski definition) is 0. The number of pyridine rings is 1. The van der Waals surface area contributed by atoms with Crippen molar-refractivity contribution in [3.8, 4) is 5.88 Å². The van der Waals surface area contributed by atoms with Crippen LogP contribution >= 0.6 is 15.9 Å². The summed E-state index contributed by atoms with van der Waals surface area (Å²) in [6, 6.07) is 1.83. The van der Waals surface area contributed by atoms with Crippen LogP contribution in [0.25, 0.3) is 0 Å². The number of aromatic nitrogens is 1. The number of carbonyl (C=O) groups excluding carboxylic acids is 1. The van der Waals surface area contributed by atoms with Crippen molar-refractivity contribution in [3.63, 3.8) is 0 Å². The van der Waals surface area contributed by atoms with Crippen molar-refractivity contribution in [1.82, 2.24) is 4.98 Å². The van der Waals surface area contributed by atoms with Crippen LogP contribution < -0.4 is 4.74 Å². The molecule has 0 bridgehead atoms. The third-order valence-corrected chi connectivity index (χ3v) is 2.26. The molecule has 0 spiro atoms. The minimum Gasteiger partial charge on any atom is -0.406 e. The monoisotopic (exact) mass is 229 g/mol. The average molecular weight is 230 g/mol. The van der Waals surface area contributed by atoms with Crippen LogP contribution in [0, 0.1) is 6.92 Å². The lowest BCUT2D eigenvalue weighted by Gasteiger charge is -2.03. The molecule has 0 atom stereocenters. The van der Waals surface area contributed by atoms with Gasteiger partial charge in [-0.1, -0.05) is 0 Å². The molecule has 0 radical (unpaired) electrons. The zero-order valence-corrected chi connectivity index (χ0v) is 8.38. The van der Waals surface area contributed by atoms with Gasteiger partial charge >= 0.3 is 5.97 Å². The van der Waals surface area contributed by atoms with E-state index in [2.05, 4.69) is 20.9 Å².